The molecule has 0 aliphatic rings. The third kappa shape index (κ3) is 19.1. The summed E-state index contributed by atoms with van der Waals surface area (Å²) in [4.78, 5) is 9.50. The molecule has 0 spiro atoms. The first-order valence-corrected chi connectivity index (χ1v) is 15.1. The molecule has 0 unspecified atom stereocenters. The topological polar surface area (TPSA) is 24.7 Å². The molecule has 0 atom stereocenters. The van der Waals surface area contributed by atoms with Crippen molar-refractivity contribution in [1.29, 1.82) is 0 Å². The van der Waals surface area contributed by atoms with Crippen LogP contribution in [0.3, 0.4) is 0 Å². The zero-order chi connectivity index (χ0) is 25.4. The normalized spacial score (nSPS) is 11.6. The van der Waals surface area contributed by atoms with Gasteiger partial charge in [-0.2, -0.15) is 0 Å². The molecule has 0 fully saturated rings. The second-order valence-electron chi connectivity index (χ2n) is 10.3. The fraction of sp³-hybridized carbons (Fsp3) is 0.588. The third-order valence-electron chi connectivity index (χ3n) is 6.93. The van der Waals surface area contributed by atoms with E-state index in [2.05, 4.69) is 24.0 Å². The van der Waals surface area contributed by atoms with E-state index < -0.39 is 0 Å². The number of hydrogen-bond donors (Lipinski definition) is 0. The fourth-order valence-electron chi connectivity index (χ4n) is 4.69. The van der Waals surface area contributed by atoms with Gasteiger partial charge in [-0.05, 0) is 37.1 Å². The van der Waals surface area contributed by atoms with Crippen molar-refractivity contribution in [3.63, 3.8) is 0 Å². The molecule has 2 rings (SSSR count). The number of hydrogen-bond acceptors (Lipinski definition) is 2. The van der Waals surface area contributed by atoms with E-state index in [0.717, 1.165) is 23.5 Å². The quantitative estimate of drug-likeness (QED) is 0.0796. The van der Waals surface area contributed by atoms with E-state index >= 15 is 0 Å². The summed E-state index contributed by atoms with van der Waals surface area (Å²) in [6, 6.07) is 20.4. The van der Waals surface area contributed by atoms with Gasteiger partial charge in [-0.3, -0.25) is 9.98 Å². The Bertz CT molecular complexity index is 801. The fourth-order valence-corrected chi connectivity index (χ4v) is 4.69. The molecule has 2 aromatic carbocycles. The van der Waals surface area contributed by atoms with Crippen LogP contribution in [-0.4, -0.2) is 11.9 Å². The van der Waals surface area contributed by atoms with Crippen molar-refractivity contribution >= 4 is 23.3 Å². The Morgan fingerprint density at radius 1 is 0.514 bits per heavy atom. The van der Waals surface area contributed by atoms with Crippen LogP contribution >= 0.6 is 0 Å². The summed E-state index contributed by atoms with van der Waals surface area (Å²) in [6.45, 7) is 2.30. The summed E-state index contributed by atoms with van der Waals surface area (Å²) < 4.78 is 0. The molecule has 0 saturated carbocycles. The van der Waals surface area contributed by atoms with Crippen LogP contribution in [0.2, 0.25) is 0 Å². The molecule has 0 radical (unpaired) electrons. The van der Waals surface area contributed by atoms with Gasteiger partial charge < -0.3 is 0 Å². The van der Waals surface area contributed by atoms with Crippen molar-refractivity contribution in [2.24, 2.45) is 9.98 Å². The number of nitrogens with zero attached hydrogens (tertiary/aromatic N) is 2. The van der Waals surface area contributed by atoms with Gasteiger partial charge >= 0.3 is 0 Å². The van der Waals surface area contributed by atoms with E-state index in [-0.39, 0.29) is 16.5 Å². The van der Waals surface area contributed by atoms with E-state index in [1.165, 1.54) is 116 Å². The van der Waals surface area contributed by atoms with Gasteiger partial charge in [-0.25, -0.2) is 0 Å². The van der Waals surface area contributed by atoms with E-state index in [9.17, 15) is 0 Å². The van der Waals surface area contributed by atoms with Crippen molar-refractivity contribution in [2.45, 2.75) is 129 Å². The summed E-state index contributed by atoms with van der Waals surface area (Å²) in [5.74, 6) is 0. The van der Waals surface area contributed by atoms with Gasteiger partial charge in [0.05, 0.1) is 17.1 Å². The summed E-state index contributed by atoms with van der Waals surface area (Å²) >= 11 is 0. The monoisotopic (exact) mass is 546 g/mol. The van der Waals surface area contributed by atoms with Crippen LogP contribution in [-0.2, 0) is 16.5 Å². The molecular formula is C34H52N2Ni. The molecule has 0 aromatic heterocycles. The van der Waals surface area contributed by atoms with Gasteiger partial charge in [0.1, 0.15) is 0 Å². The van der Waals surface area contributed by atoms with E-state index in [1.807, 2.05) is 54.7 Å². The van der Waals surface area contributed by atoms with Crippen LogP contribution in [0.25, 0.3) is 0 Å². The Morgan fingerprint density at radius 3 is 1.32 bits per heavy atom. The van der Waals surface area contributed by atoms with Crippen molar-refractivity contribution in [2.75, 3.05) is 0 Å². The van der Waals surface area contributed by atoms with Crippen molar-refractivity contribution < 1.29 is 16.5 Å². The van der Waals surface area contributed by atoms with Gasteiger partial charge in [0.2, 0.25) is 0 Å². The Hall–Kier alpha value is -1.73. The molecule has 3 heteroatoms. The first kappa shape index (κ1) is 33.3. The first-order chi connectivity index (χ1) is 17.9. The number of para-hydroxylation sites is 2. The number of benzene rings is 2. The number of unbranched alkanes of at least 4 members (excludes halogenated alkanes) is 17. The zero-order valence-electron chi connectivity index (χ0n) is 23.5. The van der Waals surface area contributed by atoms with Gasteiger partial charge in [0.15, 0.2) is 0 Å². The van der Waals surface area contributed by atoms with Crippen molar-refractivity contribution in [3.05, 3.63) is 60.7 Å². The summed E-state index contributed by atoms with van der Waals surface area (Å²) in [5, 5.41) is 0. The van der Waals surface area contributed by atoms with Crippen LogP contribution in [0.5, 0.6) is 0 Å². The molecule has 0 amide bonds. The molecule has 0 heterocycles. The van der Waals surface area contributed by atoms with Crippen molar-refractivity contribution in [3.8, 4) is 0 Å². The Kier molecular flexibility index (Phi) is 22.1. The standard InChI is InChI=1S/C34H52N2.Ni/c1-2-3-4-5-6-7-8-9-10-11-12-13-14-15-16-17-18-21-30-34(36-33-28-24-20-25-29-33)31-35-32-26-22-19-23-27-32;/h19-20,22-29,31H,2-18,21,30H2,1H3;/b35-31+,36-34+;. The Labute approximate surface area is 238 Å². The van der Waals surface area contributed by atoms with Crippen LogP contribution in [0, 0.1) is 0 Å². The molecular weight excluding hydrogens is 495 g/mol. The second-order valence-corrected chi connectivity index (χ2v) is 10.3. The maximum atomic E-state index is 4.86. The predicted molar refractivity (Wildman–Crippen MR) is 162 cm³/mol. The van der Waals surface area contributed by atoms with Crippen LogP contribution in [0.15, 0.2) is 70.6 Å². The predicted octanol–water partition coefficient (Wildman–Crippen LogP) is 11.6. The Balaban J connectivity index is 0.00000684. The molecule has 37 heavy (non-hydrogen) atoms. The third-order valence-corrected chi connectivity index (χ3v) is 6.93. The summed E-state index contributed by atoms with van der Waals surface area (Å²) in [7, 11) is 0. The minimum Gasteiger partial charge on any atom is -0.255 e. The average Bonchev–Trinajstić information content (AvgIpc) is 2.92. The SMILES string of the molecule is CCCCCCCCCCCCCCCCCCCCC(/C=N/c1ccccc1)=N\c1ccccc1.[Ni]. The largest absolute Gasteiger partial charge is 0.255 e. The molecule has 2 aromatic rings. The van der Waals surface area contributed by atoms with Crippen molar-refractivity contribution in [1.82, 2.24) is 0 Å². The van der Waals surface area contributed by atoms with Crippen LogP contribution in [0.4, 0.5) is 11.4 Å². The molecule has 0 bridgehead atoms. The minimum atomic E-state index is 0. The molecule has 0 saturated heterocycles. The summed E-state index contributed by atoms with van der Waals surface area (Å²) in [5.41, 5.74) is 3.06. The zero-order valence-corrected chi connectivity index (χ0v) is 24.5. The number of rotatable bonds is 22. The molecule has 0 N–H and O–H groups in total. The second kappa shape index (κ2) is 24.6. The first-order valence-electron chi connectivity index (χ1n) is 15.1. The molecule has 2 nitrogen and oxygen atoms in total. The van der Waals surface area contributed by atoms with Gasteiger partial charge in [-0.15, -0.1) is 0 Å². The van der Waals surface area contributed by atoms with E-state index in [0.29, 0.717) is 0 Å². The van der Waals surface area contributed by atoms with E-state index in [1.54, 1.807) is 0 Å². The van der Waals surface area contributed by atoms with Crippen LogP contribution in [0.1, 0.15) is 129 Å². The minimum absolute atomic E-state index is 0. The summed E-state index contributed by atoms with van der Waals surface area (Å²) in [6.07, 6.45) is 28.3. The maximum absolute atomic E-state index is 4.86. The maximum Gasteiger partial charge on any atom is 0.0633 e. The Morgan fingerprint density at radius 2 is 0.892 bits per heavy atom. The average molecular weight is 547 g/mol. The van der Waals surface area contributed by atoms with Gasteiger partial charge in [-0.1, -0.05) is 152 Å². The molecule has 0 aliphatic carbocycles. The smallest absolute Gasteiger partial charge is 0.0633 e. The molecule has 0 aliphatic heterocycles. The van der Waals surface area contributed by atoms with Gasteiger partial charge in [0, 0.05) is 22.7 Å². The number of aliphatic imine (C=N–C) groups is 2. The van der Waals surface area contributed by atoms with E-state index in [4.69, 9.17) is 4.99 Å². The van der Waals surface area contributed by atoms with Gasteiger partial charge in [0.25, 0.3) is 0 Å². The van der Waals surface area contributed by atoms with Crippen LogP contribution < -0.4 is 0 Å². The molecule has 208 valence electrons.